The second-order valence-corrected chi connectivity index (χ2v) is 8.55. The molecule has 0 aromatic heterocycles. The number of aliphatic hydroxyl groups excluding tert-OH is 1. The summed E-state index contributed by atoms with van der Waals surface area (Å²) >= 11 is 0. The van der Waals surface area contributed by atoms with Gasteiger partial charge in [0.05, 0.1) is 18.9 Å². The quantitative estimate of drug-likeness (QED) is 0.326. The molecule has 5 atom stereocenters. The van der Waals surface area contributed by atoms with E-state index in [0.29, 0.717) is 24.7 Å². The molecule has 2 aliphatic rings. The molecule has 6 heteroatoms. The van der Waals surface area contributed by atoms with Crippen LogP contribution in [0.15, 0.2) is 12.2 Å². The van der Waals surface area contributed by atoms with E-state index in [4.69, 9.17) is 9.84 Å². The van der Waals surface area contributed by atoms with E-state index in [0.717, 1.165) is 44.9 Å². The second-order valence-electron chi connectivity index (χ2n) is 8.55. The maximum atomic E-state index is 13.1. The standard InChI is InChI=1S/C22H37FO5/c1-2-3-6-16(14-23)7-4-8-17-10-11-20-19(17)13-18(28-20)9-5-12-22(26,27)21(25)15-24/h4,8,16-20,24,26-27H,2-3,5-7,9-15H2,1H3/t16-,17-,18-,19+,20+/m0/s1. The van der Waals surface area contributed by atoms with E-state index in [-0.39, 0.29) is 31.2 Å². The minimum absolute atomic E-state index is 0.0781. The smallest absolute Gasteiger partial charge is 0.226 e. The first-order valence-electron chi connectivity index (χ1n) is 10.9. The minimum atomic E-state index is -2.45. The van der Waals surface area contributed by atoms with Gasteiger partial charge in [-0.25, -0.2) is 0 Å². The summed E-state index contributed by atoms with van der Waals surface area (Å²) < 4.78 is 19.2. The lowest BCUT2D eigenvalue weighted by Crippen LogP contribution is -2.40. The zero-order valence-corrected chi connectivity index (χ0v) is 17.1. The zero-order chi connectivity index (χ0) is 20.6. The van der Waals surface area contributed by atoms with Crippen LogP contribution in [0.4, 0.5) is 4.39 Å². The average Bonchev–Trinajstić information content (AvgIpc) is 3.24. The molecule has 5 nitrogen and oxygen atoms in total. The number of hydrogen-bond acceptors (Lipinski definition) is 5. The Balaban J connectivity index is 1.74. The average molecular weight is 401 g/mol. The van der Waals surface area contributed by atoms with Crippen molar-refractivity contribution in [3.63, 3.8) is 0 Å². The number of rotatable bonds is 13. The summed E-state index contributed by atoms with van der Waals surface area (Å²) in [4.78, 5) is 11.3. The number of carbonyl (C=O) groups is 1. The fourth-order valence-corrected chi connectivity index (χ4v) is 4.63. The number of aliphatic hydroxyl groups is 3. The Morgan fingerprint density at radius 2 is 2.11 bits per heavy atom. The summed E-state index contributed by atoms with van der Waals surface area (Å²) in [6.45, 7) is 1.01. The summed E-state index contributed by atoms with van der Waals surface area (Å²) in [6, 6.07) is 0. The molecule has 1 heterocycles. The molecular formula is C22H37FO5. The third-order valence-corrected chi connectivity index (χ3v) is 6.39. The van der Waals surface area contributed by atoms with Crippen LogP contribution in [0.1, 0.15) is 71.1 Å². The van der Waals surface area contributed by atoms with Gasteiger partial charge in [0.15, 0.2) is 0 Å². The summed E-state index contributed by atoms with van der Waals surface area (Å²) in [6.07, 6.45) is 12.8. The van der Waals surface area contributed by atoms with Gasteiger partial charge in [0.1, 0.15) is 6.61 Å². The van der Waals surface area contributed by atoms with E-state index in [9.17, 15) is 19.4 Å². The molecule has 0 radical (unpaired) electrons. The van der Waals surface area contributed by atoms with Crippen molar-refractivity contribution >= 4 is 5.78 Å². The van der Waals surface area contributed by atoms with E-state index in [2.05, 4.69) is 19.1 Å². The van der Waals surface area contributed by atoms with Crippen LogP contribution in [0.2, 0.25) is 0 Å². The van der Waals surface area contributed by atoms with Crippen molar-refractivity contribution in [2.45, 2.75) is 89.1 Å². The number of hydrogen-bond donors (Lipinski definition) is 3. The highest BCUT2D eigenvalue weighted by Gasteiger charge is 2.43. The Morgan fingerprint density at radius 1 is 1.32 bits per heavy atom. The van der Waals surface area contributed by atoms with E-state index in [1.807, 2.05) is 0 Å². The number of alkyl halides is 1. The second kappa shape index (κ2) is 11.4. The number of ether oxygens (including phenoxy) is 1. The van der Waals surface area contributed by atoms with Crippen molar-refractivity contribution in [1.82, 2.24) is 0 Å². The van der Waals surface area contributed by atoms with E-state index in [1.54, 1.807) is 0 Å². The highest BCUT2D eigenvalue weighted by Crippen LogP contribution is 2.45. The molecule has 0 bridgehead atoms. The minimum Gasteiger partial charge on any atom is -0.388 e. The number of ketones is 1. The molecule has 0 aromatic carbocycles. The Kier molecular flexibility index (Phi) is 9.54. The molecule has 0 amide bonds. The molecule has 28 heavy (non-hydrogen) atoms. The lowest BCUT2D eigenvalue weighted by atomic mass is 9.89. The van der Waals surface area contributed by atoms with Crippen LogP contribution in [0.5, 0.6) is 0 Å². The maximum Gasteiger partial charge on any atom is 0.226 e. The topological polar surface area (TPSA) is 87.0 Å². The fourth-order valence-electron chi connectivity index (χ4n) is 4.63. The Hall–Kier alpha value is -0.820. The number of carbonyl (C=O) groups excluding carboxylic acids is 1. The van der Waals surface area contributed by atoms with E-state index in [1.165, 1.54) is 0 Å². The molecule has 1 saturated carbocycles. The summed E-state index contributed by atoms with van der Waals surface area (Å²) in [5.74, 6) is -2.31. The molecule has 0 spiro atoms. The number of unbranched alkanes of at least 4 members (excludes halogenated alkanes) is 1. The summed E-state index contributed by atoms with van der Waals surface area (Å²) in [5, 5.41) is 28.1. The molecule has 1 aliphatic carbocycles. The van der Waals surface area contributed by atoms with Crippen LogP contribution < -0.4 is 0 Å². The van der Waals surface area contributed by atoms with Crippen LogP contribution in [0, 0.1) is 17.8 Å². The predicted octanol–water partition coefficient (Wildman–Crippen LogP) is 3.30. The van der Waals surface area contributed by atoms with Crippen LogP contribution in [-0.2, 0) is 9.53 Å². The predicted molar refractivity (Wildman–Crippen MR) is 105 cm³/mol. The van der Waals surface area contributed by atoms with Crippen LogP contribution in [0.3, 0.4) is 0 Å². The molecule has 0 aromatic rings. The van der Waals surface area contributed by atoms with Crippen LogP contribution >= 0.6 is 0 Å². The number of fused-ring (bicyclic) bond motifs is 1. The van der Waals surface area contributed by atoms with Crippen LogP contribution in [-0.4, -0.2) is 52.4 Å². The number of Topliss-reactive ketones (excluding diaryl/α,β-unsaturated/α-hetero) is 1. The highest BCUT2D eigenvalue weighted by molar-refractivity contribution is 5.86. The van der Waals surface area contributed by atoms with Gasteiger partial charge in [0, 0.05) is 6.42 Å². The summed E-state index contributed by atoms with van der Waals surface area (Å²) in [7, 11) is 0. The first kappa shape index (κ1) is 23.5. The van der Waals surface area contributed by atoms with E-state index >= 15 is 0 Å². The molecule has 2 rings (SSSR count). The van der Waals surface area contributed by atoms with Gasteiger partial charge >= 0.3 is 0 Å². The molecule has 1 saturated heterocycles. The van der Waals surface area contributed by atoms with Gasteiger partial charge < -0.3 is 20.1 Å². The fraction of sp³-hybridized carbons (Fsp3) is 0.864. The maximum absolute atomic E-state index is 13.1. The van der Waals surface area contributed by atoms with Gasteiger partial charge in [-0.2, -0.15) is 0 Å². The molecule has 0 unspecified atom stereocenters. The highest BCUT2D eigenvalue weighted by atomic mass is 19.1. The monoisotopic (exact) mass is 400 g/mol. The van der Waals surface area contributed by atoms with Crippen molar-refractivity contribution in [1.29, 1.82) is 0 Å². The lowest BCUT2D eigenvalue weighted by Gasteiger charge is -2.20. The summed E-state index contributed by atoms with van der Waals surface area (Å²) in [5.41, 5.74) is 0. The third kappa shape index (κ3) is 6.61. The van der Waals surface area contributed by atoms with Crippen molar-refractivity contribution in [2.24, 2.45) is 17.8 Å². The molecule has 162 valence electrons. The SMILES string of the molecule is CCCC[C@H](CF)CC=C[C@H]1CC[C@H]2O[C@@H](CCCC(O)(O)C(=O)CO)C[C@H]12. The van der Waals surface area contributed by atoms with Crippen LogP contribution in [0.25, 0.3) is 0 Å². The van der Waals surface area contributed by atoms with Gasteiger partial charge in [-0.05, 0) is 62.7 Å². The number of allylic oxidation sites excluding steroid dienone is 2. The zero-order valence-electron chi connectivity index (χ0n) is 17.1. The van der Waals surface area contributed by atoms with Crippen molar-refractivity contribution in [3.05, 3.63) is 12.2 Å². The van der Waals surface area contributed by atoms with Crippen molar-refractivity contribution < 1.29 is 29.2 Å². The largest absolute Gasteiger partial charge is 0.388 e. The third-order valence-electron chi connectivity index (χ3n) is 6.39. The van der Waals surface area contributed by atoms with Gasteiger partial charge in [-0.1, -0.05) is 31.9 Å². The Morgan fingerprint density at radius 3 is 2.79 bits per heavy atom. The first-order chi connectivity index (χ1) is 13.4. The van der Waals surface area contributed by atoms with Gasteiger partial charge in [0.25, 0.3) is 0 Å². The van der Waals surface area contributed by atoms with Gasteiger partial charge in [0.2, 0.25) is 11.6 Å². The lowest BCUT2D eigenvalue weighted by molar-refractivity contribution is -0.188. The van der Waals surface area contributed by atoms with Crippen molar-refractivity contribution in [3.8, 4) is 0 Å². The Labute approximate surface area is 168 Å². The molecule has 1 aliphatic heterocycles. The van der Waals surface area contributed by atoms with Gasteiger partial charge in [-0.15, -0.1) is 0 Å². The van der Waals surface area contributed by atoms with E-state index < -0.39 is 18.2 Å². The first-order valence-corrected chi connectivity index (χ1v) is 10.9. The Bertz CT molecular complexity index is 507. The normalized spacial score (nSPS) is 28.8. The van der Waals surface area contributed by atoms with Crippen molar-refractivity contribution in [2.75, 3.05) is 13.3 Å². The molecule has 2 fully saturated rings. The molecule has 3 N–H and O–H groups in total. The number of halogens is 1. The molecular weight excluding hydrogens is 363 g/mol. The van der Waals surface area contributed by atoms with Gasteiger partial charge in [-0.3, -0.25) is 9.18 Å².